The van der Waals surface area contributed by atoms with Crippen LogP contribution in [-0.4, -0.2) is 16.3 Å². The minimum atomic E-state index is 0.698. The molecule has 3 nitrogen and oxygen atoms in total. The molecular formula is C10H10N2O. The second-order valence-corrected chi connectivity index (χ2v) is 3.13. The number of carbonyl (C=O) groups is 1. The first-order valence-corrected chi connectivity index (χ1v) is 4.13. The number of H-pyrrole nitrogens is 1. The van der Waals surface area contributed by atoms with Crippen molar-refractivity contribution in [1.82, 2.24) is 9.97 Å². The van der Waals surface area contributed by atoms with Crippen LogP contribution in [0, 0.1) is 13.8 Å². The quantitative estimate of drug-likeness (QED) is 0.672. The van der Waals surface area contributed by atoms with Crippen LogP contribution in [0.15, 0.2) is 12.3 Å². The monoisotopic (exact) mass is 174 g/mol. The van der Waals surface area contributed by atoms with Crippen molar-refractivity contribution in [2.45, 2.75) is 13.8 Å². The van der Waals surface area contributed by atoms with Crippen molar-refractivity contribution in [3.05, 3.63) is 29.2 Å². The van der Waals surface area contributed by atoms with Gasteiger partial charge in [-0.05, 0) is 19.9 Å². The highest BCUT2D eigenvalue weighted by Gasteiger charge is 2.05. The molecule has 2 heterocycles. The predicted octanol–water partition coefficient (Wildman–Crippen LogP) is 1.99. The first kappa shape index (κ1) is 7.98. The molecule has 0 aliphatic rings. The summed E-state index contributed by atoms with van der Waals surface area (Å²) in [5.74, 6) is 0. The number of pyridine rings is 1. The standard InChI is InChI=1S/C10H10N2O/c1-6-3-9-8(5-13)4-11-10(9)7(2)12-6/h3-5,11H,1-2H3. The highest BCUT2D eigenvalue weighted by Crippen LogP contribution is 2.19. The zero-order valence-electron chi connectivity index (χ0n) is 7.59. The molecule has 0 radical (unpaired) electrons. The zero-order valence-corrected chi connectivity index (χ0v) is 7.59. The molecule has 13 heavy (non-hydrogen) atoms. The van der Waals surface area contributed by atoms with Crippen molar-refractivity contribution in [3.8, 4) is 0 Å². The fourth-order valence-corrected chi connectivity index (χ4v) is 1.56. The third-order valence-electron chi connectivity index (χ3n) is 2.14. The Morgan fingerprint density at radius 2 is 2.23 bits per heavy atom. The SMILES string of the molecule is Cc1cc2c(C=O)c[nH]c2c(C)n1. The average Bonchev–Trinajstić information content (AvgIpc) is 2.47. The van der Waals surface area contributed by atoms with Gasteiger partial charge >= 0.3 is 0 Å². The topological polar surface area (TPSA) is 45.8 Å². The van der Waals surface area contributed by atoms with Crippen molar-refractivity contribution < 1.29 is 4.79 Å². The summed E-state index contributed by atoms with van der Waals surface area (Å²) >= 11 is 0. The lowest BCUT2D eigenvalue weighted by molar-refractivity contribution is 0.112. The van der Waals surface area contributed by atoms with E-state index in [1.807, 2.05) is 19.9 Å². The molecule has 3 heteroatoms. The van der Waals surface area contributed by atoms with E-state index in [2.05, 4.69) is 9.97 Å². The first-order chi connectivity index (χ1) is 6.22. The molecule has 0 unspecified atom stereocenters. The Morgan fingerprint density at radius 3 is 2.92 bits per heavy atom. The zero-order chi connectivity index (χ0) is 9.42. The third-order valence-corrected chi connectivity index (χ3v) is 2.14. The number of aryl methyl sites for hydroxylation is 2. The Kier molecular flexibility index (Phi) is 1.65. The van der Waals surface area contributed by atoms with E-state index in [9.17, 15) is 4.79 Å². The van der Waals surface area contributed by atoms with Crippen LogP contribution in [0.4, 0.5) is 0 Å². The van der Waals surface area contributed by atoms with Crippen LogP contribution >= 0.6 is 0 Å². The van der Waals surface area contributed by atoms with Crippen LogP contribution < -0.4 is 0 Å². The van der Waals surface area contributed by atoms with Crippen molar-refractivity contribution in [3.63, 3.8) is 0 Å². The predicted molar refractivity (Wildman–Crippen MR) is 51.0 cm³/mol. The Balaban J connectivity index is 2.89. The fraction of sp³-hybridized carbons (Fsp3) is 0.200. The summed E-state index contributed by atoms with van der Waals surface area (Å²) in [6.45, 7) is 3.86. The molecule has 2 rings (SSSR count). The van der Waals surface area contributed by atoms with Gasteiger partial charge in [-0.2, -0.15) is 0 Å². The maximum absolute atomic E-state index is 10.7. The molecule has 0 amide bonds. The van der Waals surface area contributed by atoms with E-state index in [0.29, 0.717) is 5.56 Å². The van der Waals surface area contributed by atoms with Crippen molar-refractivity contribution in [2.24, 2.45) is 0 Å². The van der Waals surface area contributed by atoms with Gasteiger partial charge in [0, 0.05) is 22.8 Å². The van der Waals surface area contributed by atoms with Crippen LogP contribution in [0.5, 0.6) is 0 Å². The largest absolute Gasteiger partial charge is 0.359 e. The molecule has 1 N–H and O–H groups in total. The molecule has 0 aliphatic heterocycles. The molecule has 0 bridgehead atoms. The summed E-state index contributed by atoms with van der Waals surface area (Å²) in [5.41, 5.74) is 3.52. The second-order valence-electron chi connectivity index (χ2n) is 3.13. The number of nitrogens with one attached hydrogen (secondary N) is 1. The Hall–Kier alpha value is -1.64. The van der Waals surface area contributed by atoms with Crippen molar-refractivity contribution in [1.29, 1.82) is 0 Å². The summed E-state index contributed by atoms with van der Waals surface area (Å²) in [4.78, 5) is 18.0. The minimum absolute atomic E-state index is 0.698. The van der Waals surface area contributed by atoms with E-state index in [1.165, 1.54) is 0 Å². The maximum atomic E-state index is 10.7. The molecule has 0 saturated carbocycles. The highest BCUT2D eigenvalue weighted by atomic mass is 16.1. The van der Waals surface area contributed by atoms with Crippen LogP contribution in [0.3, 0.4) is 0 Å². The fourth-order valence-electron chi connectivity index (χ4n) is 1.56. The van der Waals surface area contributed by atoms with Gasteiger partial charge in [0.25, 0.3) is 0 Å². The van der Waals surface area contributed by atoms with Gasteiger partial charge in [-0.3, -0.25) is 9.78 Å². The first-order valence-electron chi connectivity index (χ1n) is 4.13. The highest BCUT2D eigenvalue weighted by molar-refractivity contribution is 5.98. The van der Waals surface area contributed by atoms with E-state index >= 15 is 0 Å². The van der Waals surface area contributed by atoms with Gasteiger partial charge in [0.15, 0.2) is 6.29 Å². The van der Waals surface area contributed by atoms with Gasteiger partial charge in [0.2, 0.25) is 0 Å². The lowest BCUT2D eigenvalue weighted by Gasteiger charge is -1.97. The van der Waals surface area contributed by atoms with Gasteiger partial charge in [-0.25, -0.2) is 0 Å². The van der Waals surface area contributed by atoms with Crippen LogP contribution in [0.2, 0.25) is 0 Å². The normalized spacial score (nSPS) is 10.6. The average molecular weight is 174 g/mol. The van der Waals surface area contributed by atoms with Crippen molar-refractivity contribution >= 4 is 17.2 Å². The summed E-state index contributed by atoms with van der Waals surface area (Å²) < 4.78 is 0. The number of rotatable bonds is 1. The van der Waals surface area contributed by atoms with Crippen LogP contribution in [0.1, 0.15) is 21.7 Å². The van der Waals surface area contributed by atoms with Crippen LogP contribution in [0.25, 0.3) is 10.9 Å². The van der Waals surface area contributed by atoms with E-state index in [0.717, 1.165) is 28.6 Å². The molecule has 2 aromatic rings. The Bertz CT molecular complexity index is 471. The van der Waals surface area contributed by atoms with Gasteiger partial charge < -0.3 is 4.98 Å². The minimum Gasteiger partial charge on any atom is -0.359 e. The van der Waals surface area contributed by atoms with Gasteiger partial charge in [-0.15, -0.1) is 0 Å². The van der Waals surface area contributed by atoms with Crippen molar-refractivity contribution in [2.75, 3.05) is 0 Å². The molecule has 66 valence electrons. The maximum Gasteiger partial charge on any atom is 0.152 e. The Labute approximate surface area is 75.8 Å². The molecule has 2 aromatic heterocycles. The molecule has 0 atom stereocenters. The molecule has 0 spiro atoms. The summed E-state index contributed by atoms with van der Waals surface area (Å²) in [5, 5.41) is 0.958. The number of aromatic amines is 1. The smallest absolute Gasteiger partial charge is 0.152 e. The number of aldehydes is 1. The third kappa shape index (κ3) is 1.13. The lowest BCUT2D eigenvalue weighted by atomic mass is 10.2. The van der Waals surface area contributed by atoms with Crippen LogP contribution in [-0.2, 0) is 0 Å². The number of aromatic nitrogens is 2. The molecular weight excluding hydrogens is 164 g/mol. The number of fused-ring (bicyclic) bond motifs is 1. The summed E-state index contributed by atoms with van der Waals surface area (Å²) in [7, 11) is 0. The number of nitrogens with zero attached hydrogens (tertiary/aromatic N) is 1. The number of hydrogen-bond acceptors (Lipinski definition) is 2. The lowest BCUT2D eigenvalue weighted by Crippen LogP contribution is -1.87. The molecule has 0 aromatic carbocycles. The number of hydrogen-bond donors (Lipinski definition) is 1. The van der Waals surface area contributed by atoms with Gasteiger partial charge in [-0.1, -0.05) is 0 Å². The van der Waals surface area contributed by atoms with Gasteiger partial charge in [0.1, 0.15) is 0 Å². The number of carbonyl (C=O) groups excluding carboxylic acids is 1. The van der Waals surface area contributed by atoms with E-state index in [1.54, 1.807) is 6.20 Å². The summed E-state index contributed by atoms with van der Waals surface area (Å²) in [6, 6.07) is 1.92. The molecule has 0 aliphatic carbocycles. The van der Waals surface area contributed by atoms with E-state index in [-0.39, 0.29) is 0 Å². The second kappa shape index (κ2) is 2.69. The summed E-state index contributed by atoms with van der Waals surface area (Å²) in [6.07, 6.45) is 2.57. The van der Waals surface area contributed by atoms with Gasteiger partial charge in [0.05, 0.1) is 11.2 Å². The Morgan fingerprint density at radius 1 is 1.46 bits per heavy atom. The van der Waals surface area contributed by atoms with E-state index < -0.39 is 0 Å². The molecule has 0 saturated heterocycles. The molecule has 0 fully saturated rings. The van der Waals surface area contributed by atoms with E-state index in [4.69, 9.17) is 0 Å².